The smallest absolute Gasteiger partial charge is 0.279 e. The van der Waals surface area contributed by atoms with Crippen molar-refractivity contribution in [3.8, 4) is 17.2 Å². The van der Waals surface area contributed by atoms with Crippen LogP contribution in [0.4, 0.5) is 5.13 Å². The molecule has 1 aliphatic rings. The van der Waals surface area contributed by atoms with Crippen molar-refractivity contribution in [2.75, 3.05) is 45.9 Å². The van der Waals surface area contributed by atoms with Crippen LogP contribution in [-0.4, -0.2) is 72.9 Å². The van der Waals surface area contributed by atoms with Gasteiger partial charge >= 0.3 is 0 Å². The van der Waals surface area contributed by atoms with Gasteiger partial charge in [-0.1, -0.05) is 11.3 Å². The lowest BCUT2D eigenvalue weighted by Gasteiger charge is -2.31. The summed E-state index contributed by atoms with van der Waals surface area (Å²) in [4.78, 5) is 34.3. The highest BCUT2D eigenvalue weighted by Gasteiger charge is 2.30. The Hall–Kier alpha value is -3.25. The molecule has 35 heavy (non-hydrogen) atoms. The van der Waals surface area contributed by atoms with Crippen molar-refractivity contribution in [1.82, 2.24) is 20.1 Å². The van der Waals surface area contributed by atoms with Crippen LogP contribution in [0.5, 0.6) is 17.2 Å². The largest absolute Gasteiger partial charge is 0.493 e. The van der Waals surface area contributed by atoms with Crippen LogP contribution in [-0.2, 0) is 0 Å². The number of nitrogens with zero attached hydrogens (tertiary/aromatic N) is 5. The van der Waals surface area contributed by atoms with E-state index < -0.39 is 0 Å². The van der Waals surface area contributed by atoms with Crippen LogP contribution in [0, 0.1) is 0 Å². The Morgan fingerprint density at radius 2 is 1.83 bits per heavy atom. The van der Waals surface area contributed by atoms with Gasteiger partial charge in [0.1, 0.15) is 11.2 Å². The maximum Gasteiger partial charge on any atom is 0.279 e. The van der Waals surface area contributed by atoms with E-state index in [4.69, 9.17) is 14.2 Å². The fraction of sp³-hybridized carbons (Fsp3) is 0.435. The molecule has 3 aromatic rings. The molecule has 12 heteroatoms. The van der Waals surface area contributed by atoms with Gasteiger partial charge in [-0.3, -0.25) is 14.5 Å². The minimum atomic E-state index is -0.181. The summed E-state index contributed by atoms with van der Waals surface area (Å²) < 4.78 is 16.2. The zero-order valence-corrected chi connectivity index (χ0v) is 21.6. The molecule has 3 heterocycles. The third kappa shape index (κ3) is 4.94. The highest BCUT2D eigenvalue weighted by atomic mass is 32.1. The maximum absolute atomic E-state index is 13.3. The van der Waals surface area contributed by atoms with Crippen molar-refractivity contribution >= 4 is 39.6 Å². The molecule has 0 radical (unpaired) electrons. The van der Waals surface area contributed by atoms with Gasteiger partial charge < -0.3 is 19.1 Å². The number of carbonyl (C=O) groups is 2. The third-order valence-electron chi connectivity index (χ3n) is 5.95. The Bertz CT molecular complexity index is 1180. The number of aromatic nitrogens is 3. The van der Waals surface area contributed by atoms with Gasteiger partial charge in [-0.2, -0.15) is 0 Å². The zero-order chi connectivity index (χ0) is 24.9. The van der Waals surface area contributed by atoms with E-state index >= 15 is 0 Å². The number of methoxy groups -OCH3 is 3. The number of piperidine rings is 1. The van der Waals surface area contributed by atoms with Crippen molar-refractivity contribution in [2.24, 2.45) is 0 Å². The summed E-state index contributed by atoms with van der Waals surface area (Å²) >= 11 is 2.80. The average molecular weight is 518 g/mol. The molecule has 1 aliphatic heterocycles. The van der Waals surface area contributed by atoms with E-state index in [0.29, 0.717) is 53.3 Å². The summed E-state index contributed by atoms with van der Waals surface area (Å²) in [7, 11) is 4.56. The minimum Gasteiger partial charge on any atom is -0.493 e. The van der Waals surface area contributed by atoms with Crippen molar-refractivity contribution in [2.45, 2.75) is 25.7 Å². The summed E-state index contributed by atoms with van der Waals surface area (Å²) in [6, 6.07) is 3.40. The molecule has 2 amide bonds. The molecule has 0 atom stereocenters. The van der Waals surface area contributed by atoms with Crippen molar-refractivity contribution in [3.05, 3.63) is 39.3 Å². The number of anilines is 1. The molecule has 0 aliphatic carbocycles. The Balaban J connectivity index is 1.43. The van der Waals surface area contributed by atoms with Crippen LogP contribution in [0.25, 0.3) is 0 Å². The van der Waals surface area contributed by atoms with Crippen LogP contribution < -0.4 is 19.1 Å². The van der Waals surface area contributed by atoms with E-state index in [-0.39, 0.29) is 17.7 Å². The lowest BCUT2D eigenvalue weighted by Crippen LogP contribution is -2.38. The summed E-state index contributed by atoms with van der Waals surface area (Å²) in [6.45, 7) is 3.54. The van der Waals surface area contributed by atoms with Gasteiger partial charge in [-0.25, -0.2) is 4.98 Å². The van der Waals surface area contributed by atoms with Crippen LogP contribution in [0.15, 0.2) is 23.0 Å². The molecule has 0 N–H and O–H groups in total. The third-order valence-corrected chi connectivity index (χ3v) is 7.67. The normalized spacial score (nSPS) is 14.0. The highest BCUT2D eigenvalue weighted by molar-refractivity contribution is 7.13. The first-order valence-electron chi connectivity index (χ1n) is 11.1. The standard InChI is InChI=1S/C23H27N5O5S2/c1-5-28(23-26-24-13-35-23)22(30)16-12-34-20(25-16)14-8-10-27(11-9-14)21(29)15-6-7-17(31-2)19(33-4)18(15)32-3/h6-7,12-14H,5,8-11H2,1-4H3. The second-order valence-corrected chi connectivity index (χ2v) is 9.49. The molecular weight excluding hydrogens is 490 g/mol. The molecule has 0 saturated carbocycles. The van der Waals surface area contributed by atoms with E-state index in [2.05, 4.69) is 15.2 Å². The van der Waals surface area contributed by atoms with Gasteiger partial charge in [0.2, 0.25) is 10.9 Å². The van der Waals surface area contributed by atoms with Crippen molar-refractivity contribution < 1.29 is 23.8 Å². The topological polar surface area (TPSA) is 107 Å². The minimum absolute atomic E-state index is 0.119. The Morgan fingerprint density at radius 1 is 1.09 bits per heavy atom. The number of hydrogen-bond acceptors (Lipinski definition) is 10. The number of amides is 2. The number of hydrogen-bond donors (Lipinski definition) is 0. The number of thiazole rings is 1. The molecule has 0 bridgehead atoms. The molecule has 1 fully saturated rings. The second-order valence-electron chi connectivity index (χ2n) is 7.79. The van der Waals surface area contributed by atoms with Crippen LogP contribution >= 0.6 is 22.7 Å². The summed E-state index contributed by atoms with van der Waals surface area (Å²) in [5.41, 5.74) is 2.45. The lowest BCUT2D eigenvalue weighted by molar-refractivity contribution is 0.0708. The summed E-state index contributed by atoms with van der Waals surface area (Å²) in [5.74, 6) is 1.14. The lowest BCUT2D eigenvalue weighted by atomic mass is 9.96. The molecule has 1 aromatic carbocycles. The van der Waals surface area contributed by atoms with E-state index in [1.165, 1.54) is 44.0 Å². The van der Waals surface area contributed by atoms with E-state index in [1.54, 1.807) is 27.9 Å². The number of rotatable bonds is 8. The fourth-order valence-corrected chi connectivity index (χ4v) is 5.72. The Morgan fingerprint density at radius 3 is 2.43 bits per heavy atom. The van der Waals surface area contributed by atoms with Gasteiger partial charge in [-0.15, -0.1) is 21.5 Å². The molecule has 4 rings (SSSR count). The number of likely N-dealkylation sites (tertiary alicyclic amines) is 1. The van der Waals surface area contributed by atoms with E-state index in [0.717, 1.165) is 17.8 Å². The second kappa shape index (κ2) is 11.0. The molecule has 186 valence electrons. The molecule has 0 spiro atoms. The van der Waals surface area contributed by atoms with Crippen LogP contribution in [0.2, 0.25) is 0 Å². The fourth-order valence-electron chi connectivity index (χ4n) is 4.13. The van der Waals surface area contributed by atoms with E-state index in [9.17, 15) is 9.59 Å². The number of ether oxygens (including phenoxy) is 3. The van der Waals surface area contributed by atoms with Gasteiger partial charge in [0.15, 0.2) is 11.5 Å². The first kappa shape index (κ1) is 24.9. The first-order valence-corrected chi connectivity index (χ1v) is 12.9. The van der Waals surface area contributed by atoms with Gasteiger partial charge in [-0.05, 0) is 31.9 Å². The Labute approximate surface area is 211 Å². The van der Waals surface area contributed by atoms with Crippen LogP contribution in [0.1, 0.15) is 51.5 Å². The number of carbonyl (C=O) groups excluding carboxylic acids is 2. The predicted molar refractivity (Wildman–Crippen MR) is 133 cm³/mol. The molecule has 10 nitrogen and oxygen atoms in total. The molecule has 1 saturated heterocycles. The van der Waals surface area contributed by atoms with E-state index in [1.807, 2.05) is 11.8 Å². The monoisotopic (exact) mass is 517 g/mol. The first-order chi connectivity index (χ1) is 17.0. The highest BCUT2D eigenvalue weighted by Crippen LogP contribution is 2.41. The maximum atomic E-state index is 13.3. The summed E-state index contributed by atoms with van der Waals surface area (Å²) in [5, 5.41) is 11.1. The van der Waals surface area contributed by atoms with Crippen molar-refractivity contribution in [3.63, 3.8) is 0 Å². The average Bonchev–Trinajstić information content (AvgIpc) is 3.61. The number of benzene rings is 1. The van der Waals surface area contributed by atoms with Gasteiger partial charge in [0, 0.05) is 30.9 Å². The van der Waals surface area contributed by atoms with Gasteiger partial charge in [0.25, 0.3) is 11.8 Å². The Kier molecular flexibility index (Phi) is 7.81. The SMILES string of the molecule is CCN(C(=O)c1csc(C2CCN(C(=O)c3ccc(OC)c(OC)c3OC)CC2)n1)c1nncs1. The van der Waals surface area contributed by atoms with Crippen LogP contribution in [0.3, 0.4) is 0 Å². The zero-order valence-electron chi connectivity index (χ0n) is 20.0. The molecule has 2 aromatic heterocycles. The van der Waals surface area contributed by atoms with Crippen molar-refractivity contribution in [1.29, 1.82) is 0 Å². The molecule has 0 unspecified atom stereocenters. The molecular formula is C23H27N5O5S2. The summed E-state index contributed by atoms with van der Waals surface area (Å²) in [6.07, 6.45) is 1.52. The quantitative estimate of drug-likeness (QED) is 0.445. The predicted octanol–water partition coefficient (Wildman–Crippen LogP) is 3.71. The van der Waals surface area contributed by atoms with Gasteiger partial charge in [0.05, 0.1) is 31.9 Å².